The molecule has 0 radical (unpaired) electrons. The van der Waals surface area contributed by atoms with Crippen LogP contribution in [0.1, 0.15) is 37.1 Å². The number of nitrogens with two attached hydrogens (primary N) is 1. The number of aromatic nitrogens is 1. The van der Waals surface area contributed by atoms with E-state index in [0.29, 0.717) is 0 Å². The van der Waals surface area contributed by atoms with Crippen LogP contribution in [0.2, 0.25) is 0 Å². The average Bonchev–Trinajstić information content (AvgIpc) is 2.54. The van der Waals surface area contributed by atoms with E-state index in [-0.39, 0.29) is 5.54 Å². The Hall–Kier alpha value is -1.28. The molecule has 0 fully saturated rings. The Morgan fingerprint density at radius 3 is 2.76 bits per heavy atom. The number of benzene rings is 1. The molecule has 0 spiro atoms. The van der Waals surface area contributed by atoms with Gasteiger partial charge in [-0.3, -0.25) is 0 Å². The highest BCUT2D eigenvalue weighted by molar-refractivity contribution is 5.88. The molecule has 0 amide bonds. The number of hydrogen-bond donors (Lipinski definition) is 1. The van der Waals surface area contributed by atoms with Crippen molar-refractivity contribution in [2.24, 2.45) is 5.73 Å². The Morgan fingerprint density at radius 1 is 1.29 bits per heavy atom. The first kappa shape index (κ1) is 10.8. The molecule has 0 saturated carbocycles. The molecule has 2 aromatic rings. The van der Waals surface area contributed by atoms with Crippen LogP contribution in [0.4, 0.5) is 0 Å². The fourth-order valence-electron chi connectivity index (χ4n) is 3.34. The third kappa shape index (κ3) is 1.44. The van der Waals surface area contributed by atoms with Crippen molar-refractivity contribution in [1.29, 1.82) is 0 Å². The Labute approximate surface area is 102 Å². The summed E-state index contributed by atoms with van der Waals surface area (Å²) >= 11 is 0. The summed E-state index contributed by atoms with van der Waals surface area (Å²) < 4.78 is 2.45. The molecular weight excluding hydrogens is 208 g/mol. The molecular formula is C15H20N2. The molecule has 2 heteroatoms. The van der Waals surface area contributed by atoms with Crippen LogP contribution in [-0.4, -0.2) is 4.57 Å². The van der Waals surface area contributed by atoms with E-state index in [1.807, 2.05) is 0 Å². The smallest absolute Gasteiger partial charge is 0.0518 e. The van der Waals surface area contributed by atoms with E-state index in [9.17, 15) is 0 Å². The second kappa shape index (κ2) is 3.36. The maximum Gasteiger partial charge on any atom is 0.0518 e. The zero-order valence-corrected chi connectivity index (χ0v) is 10.9. The minimum Gasteiger partial charge on any atom is -0.342 e. The summed E-state index contributed by atoms with van der Waals surface area (Å²) in [6, 6.07) is 6.66. The van der Waals surface area contributed by atoms with Gasteiger partial charge in [-0.15, -0.1) is 0 Å². The lowest BCUT2D eigenvalue weighted by atomic mass is 9.97. The largest absolute Gasteiger partial charge is 0.342 e. The maximum atomic E-state index is 6.35. The molecule has 0 bridgehead atoms. The first-order chi connectivity index (χ1) is 8.00. The molecule has 0 saturated heterocycles. The Morgan fingerprint density at radius 2 is 2.06 bits per heavy atom. The summed E-state index contributed by atoms with van der Waals surface area (Å²) in [6.07, 6.45) is 2.43. The third-order valence-corrected chi connectivity index (χ3v) is 3.86. The molecule has 2 heterocycles. The van der Waals surface area contributed by atoms with Crippen LogP contribution in [0.3, 0.4) is 0 Å². The highest BCUT2D eigenvalue weighted by Gasteiger charge is 2.27. The second-order valence-corrected chi connectivity index (χ2v) is 5.76. The molecule has 1 aromatic heterocycles. The first-order valence-electron chi connectivity index (χ1n) is 6.40. The van der Waals surface area contributed by atoms with Gasteiger partial charge in [-0.2, -0.15) is 0 Å². The van der Waals surface area contributed by atoms with Gasteiger partial charge in [0.05, 0.1) is 11.1 Å². The molecule has 2 nitrogen and oxygen atoms in total. The minimum absolute atomic E-state index is 0.266. The third-order valence-electron chi connectivity index (χ3n) is 3.86. The van der Waals surface area contributed by atoms with E-state index in [2.05, 4.69) is 43.5 Å². The van der Waals surface area contributed by atoms with E-state index in [1.165, 1.54) is 40.6 Å². The molecule has 0 aliphatic carbocycles. The van der Waals surface area contributed by atoms with Crippen LogP contribution in [0.5, 0.6) is 0 Å². The van der Waals surface area contributed by atoms with Crippen LogP contribution in [-0.2, 0) is 18.5 Å². The minimum atomic E-state index is -0.266. The number of para-hydroxylation sites is 1. The zero-order valence-electron chi connectivity index (χ0n) is 10.9. The number of nitrogens with zero attached hydrogens (tertiary/aromatic N) is 1. The van der Waals surface area contributed by atoms with E-state index < -0.39 is 0 Å². The van der Waals surface area contributed by atoms with Crippen molar-refractivity contribution in [3.05, 3.63) is 35.0 Å². The van der Waals surface area contributed by atoms with Gasteiger partial charge in [-0.25, -0.2) is 0 Å². The summed E-state index contributed by atoms with van der Waals surface area (Å²) in [4.78, 5) is 0. The molecule has 17 heavy (non-hydrogen) atoms. The van der Waals surface area contributed by atoms with Crippen LogP contribution >= 0.6 is 0 Å². The standard InChI is InChI=1S/C15H20N2/c1-10-12-8-4-6-11-7-5-9-17(13(11)12)14(10)15(2,3)16/h4,6,8H,5,7,9,16H2,1-3H3. The summed E-state index contributed by atoms with van der Waals surface area (Å²) in [6.45, 7) is 7.52. The van der Waals surface area contributed by atoms with Gasteiger partial charge in [0.2, 0.25) is 0 Å². The van der Waals surface area contributed by atoms with Gasteiger partial charge in [-0.05, 0) is 44.7 Å². The fraction of sp³-hybridized carbons (Fsp3) is 0.467. The summed E-state index contributed by atoms with van der Waals surface area (Å²) in [5.74, 6) is 0. The Kier molecular flexibility index (Phi) is 2.14. The van der Waals surface area contributed by atoms with Gasteiger partial charge in [0.15, 0.2) is 0 Å². The van der Waals surface area contributed by atoms with Gasteiger partial charge in [0.25, 0.3) is 0 Å². The molecule has 2 N–H and O–H groups in total. The lowest BCUT2D eigenvalue weighted by Gasteiger charge is -2.25. The van der Waals surface area contributed by atoms with Crippen molar-refractivity contribution < 1.29 is 0 Å². The van der Waals surface area contributed by atoms with Crippen molar-refractivity contribution in [2.45, 2.75) is 45.7 Å². The zero-order chi connectivity index (χ0) is 12.2. The molecule has 1 aliphatic rings. The number of hydrogen-bond acceptors (Lipinski definition) is 1. The molecule has 0 unspecified atom stereocenters. The summed E-state index contributed by atoms with van der Waals surface area (Å²) in [5, 5.41) is 1.38. The normalized spacial score (nSPS) is 15.5. The van der Waals surface area contributed by atoms with Gasteiger partial charge in [-0.1, -0.05) is 18.2 Å². The van der Waals surface area contributed by atoms with E-state index >= 15 is 0 Å². The van der Waals surface area contributed by atoms with E-state index in [4.69, 9.17) is 5.73 Å². The molecule has 90 valence electrons. The molecule has 1 aliphatic heterocycles. The quantitative estimate of drug-likeness (QED) is 0.799. The molecule has 1 aromatic carbocycles. The van der Waals surface area contributed by atoms with E-state index in [0.717, 1.165) is 6.54 Å². The van der Waals surface area contributed by atoms with Crippen molar-refractivity contribution in [2.75, 3.05) is 0 Å². The van der Waals surface area contributed by atoms with Gasteiger partial charge in [0, 0.05) is 17.6 Å². The van der Waals surface area contributed by atoms with E-state index in [1.54, 1.807) is 0 Å². The highest BCUT2D eigenvalue weighted by atomic mass is 15.0. The SMILES string of the molecule is Cc1c(C(C)(C)N)n2c3c(cccc13)CCC2. The van der Waals surface area contributed by atoms with Gasteiger partial charge in [0.1, 0.15) is 0 Å². The Bertz CT molecular complexity index is 585. The van der Waals surface area contributed by atoms with Crippen molar-refractivity contribution in [1.82, 2.24) is 4.57 Å². The van der Waals surface area contributed by atoms with Crippen LogP contribution < -0.4 is 5.73 Å². The van der Waals surface area contributed by atoms with Gasteiger partial charge < -0.3 is 10.3 Å². The second-order valence-electron chi connectivity index (χ2n) is 5.76. The van der Waals surface area contributed by atoms with Crippen LogP contribution in [0, 0.1) is 6.92 Å². The fourth-order valence-corrected chi connectivity index (χ4v) is 3.34. The van der Waals surface area contributed by atoms with Crippen LogP contribution in [0.15, 0.2) is 18.2 Å². The highest BCUT2D eigenvalue weighted by Crippen LogP contribution is 2.36. The van der Waals surface area contributed by atoms with Crippen molar-refractivity contribution in [3.8, 4) is 0 Å². The average molecular weight is 228 g/mol. The molecule has 0 atom stereocenters. The number of aryl methyl sites for hydroxylation is 3. The first-order valence-corrected chi connectivity index (χ1v) is 6.40. The van der Waals surface area contributed by atoms with Crippen molar-refractivity contribution >= 4 is 10.9 Å². The lowest BCUT2D eigenvalue weighted by molar-refractivity contribution is 0.482. The predicted octanol–water partition coefficient (Wildman–Crippen LogP) is 3.09. The van der Waals surface area contributed by atoms with Crippen molar-refractivity contribution in [3.63, 3.8) is 0 Å². The maximum absolute atomic E-state index is 6.35. The Balaban J connectivity index is 2.46. The lowest BCUT2D eigenvalue weighted by Crippen LogP contribution is -2.33. The van der Waals surface area contributed by atoms with Crippen LogP contribution in [0.25, 0.3) is 10.9 Å². The van der Waals surface area contributed by atoms with Gasteiger partial charge >= 0.3 is 0 Å². The molecule has 3 rings (SSSR count). The number of rotatable bonds is 1. The summed E-state index contributed by atoms with van der Waals surface area (Å²) in [7, 11) is 0. The monoisotopic (exact) mass is 228 g/mol. The predicted molar refractivity (Wildman–Crippen MR) is 72.2 cm³/mol. The topological polar surface area (TPSA) is 30.9 Å². The summed E-state index contributed by atoms with van der Waals surface area (Å²) in [5.41, 5.74) is 11.6.